The summed E-state index contributed by atoms with van der Waals surface area (Å²) in [5.74, 6) is 0. The standard InChI is InChI=1S/C12H17F3N2/c1-16-11(4-7-12(13,14)15)3-2-10-5-8-17-9-6-10/h5-6,8-9,11,16H,2-4,7H2,1H3. The molecular weight excluding hydrogens is 229 g/mol. The molecule has 96 valence electrons. The molecule has 1 N–H and O–H groups in total. The molecule has 0 fully saturated rings. The number of rotatable bonds is 6. The smallest absolute Gasteiger partial charge is 0.317 e. The van der Waals surface area contributed by atoms with E-state index in [2.05, 4.69) is 10.3 Å². The van der Waals surface area contributed by atoms with E-state index in [-0.39, 0.29) is 12.5 Å². The van der Waals surface area contributed by atoms with Crippen molar-refractivity contribution < 1.29 is 13.2 Å². The normalized spacial score (nSPS) is 13.6. The molecule has 0 saturated carbocycles. The van der Waals surface area contributed by atoms with E-state index in [1.54, 1.807) is 19.4 Å². The van der Waals surface area contributed by atoms with E-state index in [1.807, 2.05) is 12.1 Å². The van der Waals surface area contributed by atoms with Crippen LogP contribution in [-0.2, 0) is 6.42 Å². The fourth-order valence-electron chi connectivity index (χ4n) is 1.66. The quantitative estimate of drug-likeness (QED) is 0.834. The SMILES string of the molecule is CNC(CCc1ccncc1)CCC(F)(F)F. The molecule has 0 aromatic carbocycles. The first-order valence-corrected chi connectivity index (χ1v) is 5.64. The Hall–Kier alpha value is -1.10. The van der Waals surface area contributed by atoms with E-state index in [0.29, 0.717) is 6.42 Å². The molecule has 1 aromatic rings. The zero-order valence-corrected chi connectivity index (χ0v) is 9.80. The number of nitrogens with zero attached hydrogens (tertiary/aromatic N) is 1. The van der Waals surface area contributed by atoms with Crippen molar-refractivity contribution in [1.82, 2.24) is 10.3 Å². The molecule has 0 aliphatic heterocycles. The van der Waals surface area contributed by atoms with Crippen LogP contribution in [0.2, 0.25) is 0 Å². The summed E-state index contributed by atoms with van der Waals surface area (Å²) in [4.78, 5) is 3.90. The molecule has 0 radical (unpaired) electrons. The number of nitrogens with one attached hydrogen (secondary N) is 1. The summed E-state index contributed by atoms with van der Waals surface area (Å²) >= 11 is 0. The first-order valence-electron chi connectivity index (χ1n) is 5.64. The molecule has 0 saturated heterocycles. The number of hydrogen-bond donors (Lipinski definition) is 1. The molecule has 0 spiro atoms. The molecule has 0 amide bonds. The Balaban J connectivity index is 2.33. The van der Waals surface area contributed by atoms with Crippen LogP contribution in [0.4, 0.5) is 13.2 Å². The third kappa shape index (κ3) is 6.26. The molecule has 1 aromatic heterocycles. The minimum Gasteiger partial charge on any atom is -0.317 e. The molecule has 0 aliphatic carbocycles. The minimum absolute atomic E-state index is 0.0928. The number of aromatic nitrogens is 1. The summed E-state index contributed by atoms with van der Waals surface area (Å²) in [6.45, 7) is 0. The van der Waals surface area contributed by atoms with Crippen molar-refractivity contribution in [2.45, 2.75) is 37.9 Å². The fourth-order valence-corrected chi connectivity index (χ4v) is 1.66. The highest BCUT2D eigenvalue weighted by Gasteiger charge is 2.27. The highest BCUT2D eigenvalue weighted by molar-refractivity contribution is 5.09. The maximum Gasteiger partial charge on any atom is 0.389 e. The second kappa shape index (κ2) is 6.59. The van der Waals surface area contributed by atoms with E-state index in [4.69, 9.17) is 0 Å². The molecular formula is C12H17F3N2. The third-order valence-electron chi connectivity index (χ3n) is 2.72. The number of pyridine rings is 1. The first-order chi connectivity index (χ1) is 8.01. The van der Waals surface area contributed by atoms with E-state index in [0.717, 1.165) is 12.0 Å². The monoisotopic (exact) mass is 246 g/mol. The molecule has 1 atom stereocenters. The third-order valence-corrected chi connectivity index (χ3v) is 2.72. The largest absolute Gasteiger partial charge is 0.389 e. The lowest BCUT2D eigenvalue weighted by Crippen LogP contribution is -2.27. The van der Waals surface area contributed by atoms with Gasteiger partial charge in [-0.15, -0.1) is 0 Å². The van der Waals surface area contributed by atoms with Crippen molar-refractivity contribution in [3.63, 3.8) is 0 Å². The Morgan fingerprint density at radius 1 is 1.24 bits per heavy atom. The Morgan fingerprint density at radius 2 is 1.88 bits per heavy atom. The average molecular weight is 246 g/mol. The predicted molar refractivity (Wildman–Crippen MR) is 60.7 cm³/mol. The maximum atomic E-state index is 12.1. The van der Waals surface area contributed by atoms with E-state index >= 15 is 0 Å². The molecule has 1 rings (SSSR count). The van der Waals surface area contributed by atoms with Crippen molar-refractivity contribution >= 4 is 0 Å². The summed E-state index contributed by atoms with van der Waals surface area (Å²) in [7, 11) is 1.70. The van der Waals surface area contributed by atoms with Gasteiger partial charge in [-0.1, -0.05) is 0 Å². The number of halogens is 3. The number of aryl methyl sites for hydroxylation is 1. The van der Waals surface area contributed by atoms with Crippen LogP contribution >= 0.6 is 0 Å². The van der Waals surface area contributed by atoms with Crippen LogP contribution in [0.3, 0.4) is 0 Å². The lowest BCUT2D eigenvalue weighted by atomic mass is 10.0. The molecule has 1 unspecified atom stereocenters. The van der Waals surface area contributed by atoms with Crippen molar-refractivity contribution in [3.05, 3.63) is 30.1 Å². The van der Waals surface area contributed by atoms with Gasteiger partial charge in [0.2, 0.25) is 0 Å². The summed E-state index contributed by atoms with van der Waals surface area (Å²) in [6, 6.07) is 3.68. The van der Waals surface area contributed by atoms with Gasteiger partial charge in [0.25, 0.3) is 0 Å². The van der Waals surface area contributed by atoms with Gasteiger partial charge in [0, 0.05) is 24.9 Å². The zero-order chi connectivity index (χ0) is 12.7. The molecule has 0 aliphatic rings. The molecule has 2 nitrogen and oxygen atoms in total. The van der Waals surface area contributed by atoms with Gasteiger partial charge in [0.15, 0.2) is 0 Å². The maximum absolute atomic E-state index is 12.1. The van der Waals surface area contributed by atoms with Crippen molar-refractivity contribution in [3.8, 4) is 0 Å². The molecule has 0 bridgehead atoms. The highest BCUT2D eigenvalue weighted by Crippen LogP contribution is 2.23. The minimum atomic E-state index is -4.06. The van der Waals surface area contributed by atoms with Gasteiger partial charge in [-0.2, -0.15) is 13.2 Å². The Kier molecular flexibility index (Phi) is 5.41. The zero-order valence-electron chi connectivity index (χ0n) is 9.80. The van der Waals surface area contributed by atoms with E-state index < -0.39 is 12.6 Å². The van der Waals surface area contributed by atoms with E-state index in [1.165, 1.54) is 0 Å². The van der Waals surface area contributed by atoms with Crippen LogP contribution < -0.4 is 5.32 Å². The lowest BCUT2D eigenvalue weighted by Gasteiger charge is -2.17. The van der Waals surface area contributed by atoms with Crippen molar-refractivity contribution in [2.24, 2.45) is 0 Å². The van der Waals surface area contributed by atoms with Gasteiger partial charge in [0.05, 0.1) is 0 Å². The van der Waals surface area contributed by atoms with E-state index in [9.17, 15) is 13.2 Å². The van der Waals surface area contributed by atoms with Gasteiger partial charge >= 0.3 is 6.18 Å². The van der Waals surface area contributed by atoms with Gasteiger partial charge in [-0.05, 0) is 44.0 Å². The predicted octanol–water partition coefficient (Wildman–Crippen LogP) is 2.94. The van der Waals surface area contributed by atoms with Gasteiger partial charge in [0.1, 0.15) is 0 Å². The topological polar surface area (TPSA) is 24.9 Å². The van der Waals surface area contributed by atoms with Crippen molar-refractivity contribution in [2.75, 3.05) is 7.05 Å². The first kappa shape index (κ1) is 14.0. The second-order valence-electron chi connectivity index (χ2n) is 4.03. The Labute approximate surface area is 99.3 Å². The number of hydrogen-bond acceptors (Lipinski definition) is 2. The van der Waals surface area contributed by atoms with Crippen molar-refractivity contribution in [1.29, 1.82) is 0 Å². The fraction of sp³-hybridized carbons (Fsp3) is 0.583. The van der Waals surface area contributed by atoms with Crippen LogP contribution in [0.15, 0.2) is 24.5 Å². The van der Waals surface area contributed by atoms with Crippen LogP contribution in [-0.4, -0.2) is 24.2 Å². The summed E-state index contributed by atoms with van der Waals surface area (Å²) in [5, 5.41) is 2.93. The van der Waals surface area contributed by atoms with Gasteiger partial charge in [-0.25, -0.2) is 0 Å². The summed E-state index contributed by atoms with van der Waals surface area (Å²) in [6.07, 6.45) is 0.201. The van der Waals surface area contributed by atoms with Gasteiger partial charge < -0.3 is 5.32 Å². The Bertz CT molecular complexity index is 311. The second-order valence-corrected chi connectivity index (χ2v) is 4.03. The number of alkyl halides is 3. The molecule has 1 heterocycles. The molecule has 17 heavy (non-hydrogen) atoms. The van der Waals surface area contributed by atoms with Gasteiger partial charge in [-0.3, -0.25) is 4.98 Å². The van der Waals surface area contributed by atoms with Crippen LogP contribution in [0.1, 0.15) is 24.8 Å². The van der Waals surface area contributed by atoms with Crippen LogP contribution in [0, 0.1) is 0 Å². The summed E-state index contributed by atoms with van der Waals surface area (Å²) in [5.41, 5.74) is 1.10. The molecule has 5 heteroatoms. The average Bonchev–Trinajstić information content (AvgIpc) is 2.29. The highest BCUT2D eigenvalue weighted by atomic mass is 19.4. The summed E-state index contributed by atoms with van der Waals surface area (Å²) < 4.78 is 36.2. The lowest BCUT2D eigenvalue weighted by molar-refractivity contribution is -0.136. The van der Waals surface area contributed by atoms with Crippen LogP contribution in [0.5, 0.6) is 0 Å². The Morgan fingerprint density at radius 3 is 2.41 bits per heavy atom. The van der Waals surface area contributed by atoms with Crippen LogP contribution in [0.25, 0.3) is 0 Å².